The second kappa shape index (κ2) is 4.81. The third-order valence-corrected chi connectivity index (χ3v) is 3.94. The van der Waals surface area contributed by atoms with Crippen LogP contribution in [0.25, 0.3) is 0 Å². The van der Waals surface area contributed by atoms with Gasteiger partial charge < -0.3 is 0 Å². The number of nitrogens with one attached hydrogen (secondary N) is 3. The molecule has 1 aliphatic rings. The van der Waals surface area contributed by atoms with Crippen molar-refractivity contribution in [1.29, 1.82) is 5.26 Å². The van der Waals surface area contributed by atoms with Gasteiger partial charge in [-0.05, 0) is 12.1 Å². The van der Waals surface area contributed by atoms with Crippen molar-refractivity contribution < 1.29 is 8.42 Å². The van der Waals surface area contributed by atoms with Gasteiger partial charge in [0.05, 0.1) is 16.9 Å². The second-order valence-electron chi connectivity index (χ2n) is 3.67. The summed E-state index contributed by atoms with van der Waals surface area (Å²) in [5.74, 6) is -0.423. The van der Waals surface area contributed by atoms with Gasteiger partial charge in [0.2, 0.25) is 10.0 Å². The molecule has 7 heteroatoms. The van der Waals surface area contributed by atoms with Gasteiger partial charge in [-0.2, -0.15) is 9.98 Å². The van der Waals surface area contributed by atoms with Crippen molar-refractivity contribution in [3.63, 3.8) is 0 Å². The van der Waals surface area contributed by atoms with Crippen molar-refractivity contribution in [1.82, 2.24) is 15.6 Å². The topological polar surface area (TPSA) is 94.0 Å². The smallest absolute Gasteiger partial charge is 0.241 e. The van der Waals surface area contributed by atoms with Gasteiger partial charge in [0, 0.05) is 6.54 Å². The molecule has 3 N–H and O–H groups in total. The van der Waals surface area contributed by atoms with E-state index in [9.17, 15) is 8.42 Å². The Morgan fingerprint density at radius 3 is 2.71 bits per heavy atom. The highest BCUT2D eigenvalue weighted by atomic mass is 32.2. The number of hydrazine groups is 1. The maximum atomic E-state index is 12.0. The van der Waals surface area contributed by atoms with Crippen LogP contribution >= 0.6 is 0 Å². The lowest BCUT2D eigenvalue weighted by Gasteiger charge is -2.15. The zero-order valence-electron chi connectivity index (χ0n) is 8.92. The highest BCUT2D eigenvalue weighted by molar-refractivity contribution is 7.89. The van der Waals surface area contributed by atoms with Gasteiger partial charge in [-0.3, -0.25) is 5.43 Å². The molecule has 0 aliphatic carbocycles. The molecule has 2 unspecified atom stereocenters. The molecule has 6 nitrogen and oxygen atoms in total. The summed E-state index contributed by atoms with van der Waals surface area (Å²) in [6, 6.07) is 10.1. The van der Waals surface area contributed by atoms with Crippen molar-refractivity contribution in [3.8, 4) is 6.07 Å². The van der Waals surface area contributed by atoms with E-state index in [-0.39, 0.29) is 4.90 Å². The fourth-order valence-corrected chi connectivity index (χ4v) is 2.77. The highest BCUT2D eigenvalue weighted by Gasteiger charge is 2.30. The third-order valence-electron chi connectivity index (χ3n) is 2.48. The summed E-state index contributed by atoms with van der Waals surface area (Å²) >= 11 is 0. The van der Waals surface area contributed by atoms with Crippen LogP contribution in [0.3, 0.4) is 0 Å². The minimum atomic E-state index is -3.59. The zero-order chi connectivity index (χ0) is 12.3. The monoisotopic (exact) mass is 252 g/mol. The molecule has 0 amide bonds. The first-order chi connectivity index (χ1) is 8.13. The summed E-state index contributed by atoms with van der Waals surface area (Å²) in [4.78, 5) is 0.186. The van der Waals surface area contributed by atoms with Gasteiger partial charge in [0.1, 0.15) is 6.17 Å². The molecule has 0 radical (unpaired) electrons. The third kappa shape index (κ3) is 2.62. The summed E-state index contributed by atoms with van der Waals surface area (Å²) < 4.78 is 26.4. The Morgan fingerprint density at radius 2 is 2.06 bits per heavy atom. The van der Waals surface area contributed by atoms with Gasteiger partial charge in [0.25, 0.3) is 0 Å². The molecule has 1 aliphatic heterocycles. The first-order valence-corrected chi connectivity index (χ1v) is 6.57. The van der Waals surface area contributed by atoms with Crippen LogP contribution < -0.4 is 15.6 Å². The van der Waals surface area contributed by atoms with Crippen LogP contribution in [0.1, 0.15) is 0 Å². The first kappa shape index (κ1) is 12.0. The minimum absolute atomic E-state index is 0.186. The number of sulfonamides is 1. The molecule has 1 aromatic carbocycles. The predicted octanol–water partition coefficient (Wildman–Crippen LogP) is -0.461. The van der Waals surface area contributed by atoms with Crippen LogP contribution in [0, 0.1) is 17.2 Å². The van der Waals surface area contributed by atoms with Crippen LogP contribution in [0.5, 0.6) is 0 Å². The summed E-state index contributed by atoms with van der Waals surface area (Å²) in [6.45, 7) is 0.415. The molecule has 0 saturated carbocycles. The lowest BCUT2D eigenvalue weighted by Crippen LogP contribution is -2.46. The van der Waals surface area contributed by atoms with Crippen LogP contribution in [0.15, 0.2) is 35.2 Å². The van der Waals surface area contributed by atoms with Crippen LogP contribution in [0.2, 0.25) is 0 Å². The van der Waals surface area contributed by atoms with E-state index < -0.39 is 22.1 Å². The Balaban J connectivity index is 2.16. The molecule has 0 bridgehead atoms. The van der Waals surface area contributed by atoms with Crippen LogP contribution in [0.4, 0.5) is 0 Å². The van der Waals surface area contributed by atoms with E-state index in [1.807, 2.05) is 6.07 Å². The van der Waals surface area contributed by atoms with E-state index >= 15 is 0 Å². The molecule has 1 saturated heterocycles. The molecule has 0 spiro atoms. The van der Waals surface area contributed by atoms with Crippen molar-refractivity contribution in [2.45, 2.75) is 11.1 Å². The fourth-order valence-electron chi connectivity index (χ4n) is 1.56. The van der Waals surface area contributed by atoms with Gasteiger partial charge >= 0.3 is 0 Å². The molecule has 2 atom stereocenters. The van der Waals surface area contributed by atoms with Gasteiger partial charge in [-0.15, -0.1) is 0 Å². The van der Waals surface area contributed by atoms with E-state index in [0.29, 0.717) is 6.54 Å². The average Bonchev–Trinajstić information content (AvgIpc) is 2.77. The molecule has 0 aromatic heterocycles. The molecule has 17 heavy (non-hydrogen) atoms. The number of nitrogens with zero attached hydrogens (tertiary/aromatic N) is 1. The largest absolute Gasteiger partial charge is 0.255 e. The van der Waals surface area contributed by atoms with E-state index in [4.69, 9.17) is 5.26 Å². The molecule has 2 rings (SSSR count). The van der Waals surface area contributed by atoms with E-state index in [2.05, 4.69) is 15.6 Å². The normalized spacial score (nSPS) is 24.4. The average molecular weight is 252 g/mol. The quantitative estimate of drug-likeness (QED) is 0.676. The van der Waals surface area contributed by atoms with Crippen molar-refractivity contribution in [2.24, 2.45) is 5.92 Å². The summed E-state index contributed by atoms with van der Waals surface area (Å²) in [5, 5.41) is 8.84. The highest BCUT2D eigenvalue weighted by Crippen LogP contribution is 2.11. The molecule has 1 heterocycles. The molecule has 1 fully saturated rings. The van der Waals surface area contributed by atoms with Crippen molar-refractivity contribution in [2.75, 3.05) is 6.54 Å². The summed E-state index contributed by atoms with van der Waals surface area (Å²) in [7, 11) is -3.59. The lowest BCUT2D eigenvalue weighted by molar-refractivity contribution is 0.477. The van der Waals surface area contributed by atoms with Gasteiger partial charge in [0.15, 0.2) is 0 Å². The molecule has 90 valence electrons. The van der Waals surface area contributed by atoms with Crippen molar-refractivity contribution >= 4 is 10.0 Å². The standard InChI is InChI=1S/C10H12N4O2S/c11-6-8-7-12-13-10(8)14-17(15,16)9-4-2-1-3-5-9/h1-5,8,10,12-14H,7H2. The van der Waals surface area contributed by atoms with Crippen molar-refractivity contribution in [3.05, 3.63) is 30.3 Å². The Labute approximate surface area is 99.7 Å². The number of hydrogen-bond acceptors (Lipinski definition) is 5. The Kier molecular flexibility index (Phi) is 3.40. The second-order valence-corrected chi connectivity index (χ2v) is 5.39. The first-order valence-electron chi connectivity index (χ1n) is 5.09. The van der Waals surface area contributed by atoms with Crippen LogP contribution in [-0.4, -0.2) is 21.1 Å². The minimum Gasteiger partial charge on any atom is -0.255 e. The Bertz CT molecular complexity index is 523. The lowest BCUT2D eigenvalue weighted by atomic mass is 10.1. The molecule has 1 aromatic rings. The number of rotatable bonds is 3. The zero-order valence-corrected chi connectivity index (χ0v) is 9.74. The SMILES string of the molecule is N#CC1CNNC1NS(=O)(=O)c1ccccc1. The molecular formula is C10H12N4O2S. The van der Waals surface area contributed by atoms with E-state index in [0.717, 1.165) is 0 Å². The predicted molar refractivity (Wildman–Crippen MR) is 60.8 cm³/mol. The van der Waals surface area contributed by atoms with E-state index in [1.165, 1.54) is 12.1 Å². The fraction of sp³-hybridized carbons (Fsp3) is 0.300. The summed E-state index contributed by atoms with van der Waals surface area (Å²) in [5.41, 5.74) is 5.47. The Morgan fingerprint density at radius 1 is 1.35 bits per heavy atom. The summed E-state index contributed by atoms with van der Waals surface area (Å²) in [6.07, 6.45) is -0.606. The van der Waals surface area contributed by atoms with E-state index in [1.54, 1.807) is 18.2 Å². The number of benzene rings is 1. The van der Waals surface area contributed by atoms with Gasteiger partial charge in [-0.1, -0.05) is 18.2 Å². The maximum absolute atomic E-state index is 12.0. The number of hydrogen-bond donors (Lipinski definition) is 3. The molecular weight excluding hydrogens is 240 g/mol. The maximum Gasteiger partial charge on any atom is 0.241 e. The Hall–Kier alpha value is -1.46. The number of nitriles is 1. The van der Waals surface area contributed by atoms with Crippen LogP contribution in [-0.2, 0) is 10.0 Å². The van der Waals surface area contributed by atoms with Gasteiger partial charge in [-0.25, -0.2) is 13.8 Å².